The predicted molar refractivity (Wildman–Crippen MR) is 96.9 cm³/mol. The Morgan fingerprint density at radius 1 is 0.762 bits per heavy atom. The molecule has 0 spiro atoms. The smallest absolute Gasteiger partial charge is 0.0176 e. The van der Waals surface area contributed by atoms with E-state index in [1.807, 2.05) is 0 Å². The van der Waals surface area contributed by atoms with Gasteiger partial charge in [-0.05, 0) is 78.4 Å². The Balaban J connectivity index is 4.51. The van der Waals surface area contributed by atoms with Gasteiger partial charge in [-0.2, -0.15) is 0 Å². The fourth-order valence-electron chi connectivity index (χ4n) is 2.08. The predicted octanol–water partition coefficient (Wildman–Crippen LogP) is 4.94. The standard InChI is InChI=1S/C19H42N2/c1-16(2,3)12-14-20-19(9,10)18(7,8)13-15-21(11)17(4,5)6/h20H,12-15H2,1-11H3. The third-order valence-electron chi connectivity index (χ3n) is 5.35. The Kier molecular flexibility index (Phi) is 6.97. The Labute approximate surface area is 135 Å². The second kappa shape index (κ2) is 7.00. The molecule has 1 N–H and O–H groups in total. The molecule has 0 unspecified atom stereocenters. The Morgan fingerprint density at radius 3 is 1.62 bits per heavy atom. The third-order valence-corrected chi connectivity index (χ3v) is 5.35. The van der Waals surface area contributed by atoms with Crippen LogP contribution in [0.15, 0.2) is 0 Å². The van der Waals surface area contributed by atoms with E-state index in [-0.39, 0.29) is 16.5 Å². The lowest BCUT2D eigenvalue weighted by atomic mass is 9.71. The zero-order chi connectivity index (χ0) is 17.1. The molecule has 0 saturated carbocycles. The second-order valence-corrected chi connectivity index (χ2v) is 10.1. The fourth-order valence-corrected chi connectivity index (χ4v) is 2.08. The van der Waals surface area contributed by atoms with Crippen molar-refractivity contribution in [2.75, 3.05) is 20.1 Å². The van der Waals surface area contributed by atoms with Crippen LogP contribution in [-0.2, 0) is 0 Å². The van der Waals surface area contributed by atoms with Crippen LogP contribution in [0.4, 0.5) is 0 Å². The van der Waals surface area contributed by atoms with Gasteiger partial charge in [0.15, 0.2) is 0 Å². The van der Waals surface area contributed by atoms with Crippen molar-refractivity contribution in [3.05, 3.63) is 0 Å². The van der Waals surface area contributed by atoms with Gasteiger partial charge < -0.3 is 10.2 Å². The maximum atomic E-state index is 3.80. The first-order valence-corrected chi connectivity index (χ1v) is 8.55. The van der Waals surface area contributed by atoms with E-state index in [9.17, 15) is 0 Å². The molecule has 0 aromatic heterocycles. The monoisotopic (exact) mass is 298 g/mol. The van der Waals surface area contributed by atoms with E-state index in [2.05, 4.69) is 86.5 Å². The first kappa shape index (κ1) is 20.9. The summed E-state index contributed by atoms with van der Waals surface area (Å²) in [6, 6.07) is 0. The van der Waals surface area contributed by atoms with Crippen LogP contribution >= 0.6 is 0 Å². The molecular weight excluding hydrogens is 256 g/mol. The van der Waals surface area contributed by atoms with Crippen LogP contribution in [0.5, 0.6) is 0 Å². The van der Waals surface area contributed by atoms with Crippen LogP contribution in [0.3, 0.4) is 0 Å². The highest BCUT2D eigenvalue weighted by Gasteiger charge is 2.36. The molecule has 0 aliphatic carbocycles. The maximum Gasteiger partial charge on any atom is 0.0176 e. The number of rotatable bonds is 7. The molecule has 0 bridgehead atoms. The largest absolute Gasteiger partial charge is 0.311 e. The first-order chi connectivity index (χ1) is 9.08. The van der Waals surface area contributed by atoms with Crippen molar-refractivity contribution in [1.82, 2.24) is 10.2 Å². The summed E-state index contributed by atoms with van der Waals surface area (Å²) in [5.41, 5.74) is 1.07. The molecule has 0 aromatic rings. The maximum absolute atomic E-state index is 3.80. The molecule has 0 aliphatic rings. The zero-order valence-electron chi connectivity index (χ0n) is 16.8. The molecule has 0 rings (SSSR count). The van der Waals surface area contributed by atoms with Gasteiger partial charge in [-0.1, -0.05) is 34.6 Å². The molecule has 0 saturated heterocycles. The molecule has 0 radical (unpaired) electrons. The van der Waals surface area contributed by atoms with Crippen LogP contribution in [0.2, 0.25) is 0 Å². The molecule has 0 aromatic carbocycles. The van der Waals surface area contributed by atoms with E-state index < -0.39 is 0 Å². The van der Waals surface area contributed by atoms with Crippen LogP contribution in [-0.4, -0.2) is 36.1 Å². The summed E-state index contributed by atoms with van der Waals surface area (Å²) in [6.45, 7) is 25.5. The van der Waals surface area contributed by atoms with Crippen molar-refractivity contribution in [2.24, 2.45) is 10.8 Å². The van der Waals surface area contributed by atoms with Crippen LogP contribution in [0.1, 0.15) is 82.1 Å². The minimum atomic E-state index is 0.150. The topological polar surface area (TPSA) is 15.3 Å². The molecule has 0 atom stereocenters. The lowest BCUT2D eigenvalue weighted by Gasteiger charge is -2.45. The Morgan fingerprint density at radius 2 is 1.24 bits per heavy atom. The van der Waals surface area contributed by atoms with E-state index in [1.54, 1.807) is 0 Å². The number of hydrogen-bond acceptors (Lipinski definition) is 2. The van der Waals surface area contributed by atoms with Crippen molar-refractivity contribution < 1.29 is 0 Å². The fraction of sp³-hybridized carbons (Fsp3) is 1.00. The average Bonchev–Trinajstić information content (AvgIpc) is 2.22. The minimum Gasteiger partial charge on any atom is -0.311 e. The number of hydrogen-bond donors (Lipinski definition) is 1. The summed E-state index contributed by atoms with van der Waals surface area (Å²) in [7, 11) is 2.23. The van der Waals surface area contributed by atoms with Gasteiger partial charge in [0.2, 0.25) is 0 Å². The van der Waals surface area contributed by atoms with Crippen LogP contribution in [0.25, 0.3) is 0 Å². The van der Waals surface area contributed by atoms with Crippen molar-refractivity contribution in [1.29, 1.82) is 0 Å². The molecule has 0 fully saturated rings. The molecule has 2 nitrogen and oxygen atoms in total. The minimum absolute atomic E-state index is 0.150. The summed E-state index contributed by atoms with van der Waals surface area (Å²) < 4.78 is 0. The first-order valence-electron chi connectivity index (χ1n) is 8.55. The summed E-state index contributed by atoms with van der Waals surface area (Å²) >= 11 is 0. The summed E-state index contributed by atoms with van der Waals surface area (Å²) in [5, 5.41) is 3.80. The number of nitrogens with zero attached hydrogens (tertiary/aromatic N) is 1. The number of nitrogens with one attached hydrogen (secondary N) is 1. The van der Waals surface area contributed by atoms with E-state index in [1.165, 1.54) is 12.8 Å². The lowest BCUT2D eigenvalue weighted by molar-refractivity contribution is 0.0947. The Bertz CT molecular complexity index is 303. The van der Waals surface area contributed by atoms with E-state index in [4.69, 9.17) is 0 Å². The summed E-state index contributed by atoms with van der Waals surface area (Å²) in [5.74, 6) is 0. The van der Waals surface area contributed by atoms with Gasteiger partial charge in [-0.25, -0.2) is 0 Å². The van der Waals surface area contributed by atoms with Gasteiger partial charge in [-0.15, -0.1) is 0 Å². The van der Waals surface area contributed by atoms with E-state index in [0.717, 1.165) is 13.1 Å². The summed E-state index contributed by atoms with van der Waals surface area (Å²) in [6.07, 6.45) is 2.42. The van der Waals surface area contributed by atoms with E-state index >= 15 is 0 Å². The van der Waals surface area contributed by atoms with Crippen LogP contribution < -0.4 is 5.32 Å². The highest BCUT2D eigenvalue weighted by atomic mass is 15.2. The van der Waals surface area contributed by atoms with E-state index in [0.29, 0.717) is 5.41 Å². The third kappa shape index (κ3) is 7.65. The van der Waals surface area contributed by atoms with Gasteiger partial charge in [0, 0.05) is 11.1 Å². The van der Waals surface area contributed by atoms with Gasteiger partial charge in [0.05, 0.1) is 0 Å². The molecule has 2 heteroatoms. The van der Waals surface area contributed by atoms with Crippen LogP contribution in [0, 0.1) is 10.8 Å². The molecule has 0 heterocycles. The average molecular weight is 299 g/mol. The molecule has 0 amide bonds. The van der Waals surface area contributed by atoms with Crippen molar-refractivity contribution in [3.8, 4) is 0 Å². The van der Waals surface area contributed by atoms with Crippen molar-refractivity contribution in [3.63, 3.8) is 0 Å². The van der Waals surface area contributed by atoms with Crippen molar-refractivity contribution >= 4 is 0 Å². The lowest BCUT2D eigenvalue weighted by Crippen LogP contribution is -2.53. The van der Waals surface area contributed by atoms with Gasteiger partial charge >= 0.3 is 0 Å². The molecule has 21 heavy (non-hydrogen) atoms. The van der Waals surface area contributed by atoms with Gasteiger partial charge in [-0.3, -0.25) is 0 Å². The quantitative estimate of drug-likeness (QED) is 0.716. The van der Waals surface area contributed by atoms with Gasteiger partial charge in [0.1, 0.15) is 0 Å². The van der Waals surface area contributed by atoms with Crippen molar-refractivity contribution in [2.45, 2.75) is 93.2 Å². The molecule has 128 valence electrons. The highest BCUT2D eigenvalue weighted by Crippen LogP contribution is 2.35. The highest BCUT2D eigenvalue weighted by molar-refractivity contribution is 4.94. The molecular formula is C19H42N2. The second-order valence-electron chi connectivity index (χ2n) is 10.1. The normalized spacial score (nSPS) is 14.9. The molecule has 0 aliphatic heterocycles. The zero-order valence-corrected chi connectivity index (χ0v) is 16.8. The Hall–Kier alpha value is -0.0800. The SMILES string of the molecule is CN(CCC(C)(C)C(C)(C)NCCC(C)(C)C)C(C)(C)C. The summed E-state index contributed by atoms with van der Waals surface area (Å²) in [4.78, 5) is 2.46. The van der Waals surface area contributed by atoms with Gasteiger partial charge in [0.25, 0.3) is 0 Å².